The molecule has 0 fully saturated rings. The number of carbonyl (C=O) groups is 2. The van der Waals surface area contributed by atoms with E-state index in [9.17, 15) is 19.1 Å². The van der Waals surface area contributed by atoms with E-state index in [2.05, 4.69) is 5.32 Å². The molecule has 23 heavy (non-hydrogen) atoms. The smallest absolute Gasteiger partial charge is 0.408 e. The number of rotatable bonds is 5. The van der Waals surface area contributed by atoms with Gasteiger partial charge in [0.05, 0.1) is 12.6 Å². The number of hydrogen-bond acceptors (Lipinski definition) is 5. The minimum absolute atomic E-state index is 0.0677. The van der Waals surface area contributed by atoms with Crippen molar-refractivity contribution in [3.05, 3.63) is 35.6 Å². The highest BCUT2D eigenvalue weighted by molar-refractivity contribution is 5.77. The van der Waals surface area contributed by atoms with E-state index in [0.717, 1.165) is 6.07 Å². The van der Waals surface area contributed by atoms with Gasteiger partial charge in [-0.25, -0.2) is 14.0 Å². The van der Waals surface area contributed by atoms with Crippen LogP contribution in [0, 0.1) is 5.82 Å². The third kappa shape index (κ3) is 6.23. The van der Waals surface area contributed by atoms with E-state index in [0.29, 0.717) is 0 Å². The van der Waals surface area contributed by atoms with Gasteiger partial charge in [-0.15, -0.1) is 0 Å². The highest BCUT2D eigenvalue weighted by Crippen LogP contribution is 2.20. The number of benzene rings is 1. The zero-order chi connectivity index (χ0) is 17.6. The fraction of sp³-hybridized carbons (Fsp3) is 0.500. The Bertz CT molecular complexity index is 556. The quantitative estimate of drug-likeness (QED) is 0.811. The van der Waals surface area contributed by atoms with Gasteiger partial charge < -0.3 is 19.9 Å². The van der Waals surface area contributed by atoms with Gasteiger partial charge >= 0.3 is 12.1 Å². The molecule has 1 amide bonds. The fourth-order valence-electron chi connectivity index (χ4n) is 1.84. The number of amides is 1. The van der Waals surface area contributed by atoms with Crippen molar-refractivity contribution in [2.45, 2.75) is 45.4 Å². The van der Waals surface area contributed by atoms with Gasteiger partial charge in [0.2, 0.25) is 0 Å². The molecule has 2 atom stereocenters. The number of ether oxygens (including phenoxy) is 2. The van der Waals surface area contributed by atoms with Crippen molar-refractivity contribution >= 4 is 12.1 Å². The highest BCUT2D eigenvalue weighted by atomic mass is 19.1. The first-order chi connectivity index (χ1) is 10.6. The molecule has 0 spiro atoms. The Morgan fingerprint density at radius 1 is 1.35 bits per heavy atom. The highest BCUT2D eigenvalue weighted by Gasteiger charge is 2.32. The summed E-state index contributed by atoms with van der Waals surface area (Å²) in [5, 5.41) is 12.5. The molecule has 0 aliphatic carbocycles. The van der Waals surface area contributed by atoms with E-state index in [-0.39, 0.29) is 12.2 Å². The van der Waals surface area contributed by atoms with Crippen LogP contribution in [0.1, 0.15) is 39.3 Å². The predicted octanol–water partition coefficient (Wildman–Crippen LogP) is 2.32. The van der Waals surface area contributed by atoms with Gasteiger partial charge in [0, 0.05) is 0 Å². The lowest BCUT2D eigenvalue weighted by Gasteiger charge is -2.26. The van der Waals surface area contributed by atoms with Crippen LogP contribution in [0.25, 0.3) is 0 Å². The molecule has 0 heterocycles. The van der Waals surface area contributed by atoms with Gasteiger partial charge in [-0.05, 0) is 45.4 Å². The van der Waals surface area contributed by atoms with Crippen LogP contribution in [0.15, 0.2) is 24.3 Å². The summed E-state index contributed by atoms with van der Waals surface area (Å²) in [4.78, 5) is 23.7. The maximum absolute atomic E-state index is 13.4. The molecule has 0 bridgehead atoms. The molecular weight excluding hydrogens is 305 g/mol. The average molecular weight is 327 g/mol. The molecule has 0 saturated carbocycles. The number of nitrogens with one attached hydrogen (secondary N) is 1. The zero-order valence-corrected chi connectivity index (χ0v) is 13.6. The Morgan fingerprint density at radius 3 is 2.52 bits per heavy atom. The molecule has 128 valence electrons. The Hall–Kier alpha value is -2.15. The predicted molar refractivity (Wildman–Crippen MR) is 81.2 cm³/mol. The number of aliphatic hydroxyl groups excluding tert-OH is 1. The van der Waals surface area contributed by atoms with E-state index in [4.69, 9.17) is 9.47 Å². The molecule has 0 aromatic heterocycles. The summed E-state index contributed by atoms with van der Waals surface area (Å²) in [7, 11) is 0. The summed E-state index contributed by atoms with van der Waals surface area (Å²) in [5.41, 5.74) is -0.540. The molecule has 0 aliphatic rings. The lowest BCUT2D eigenvalue weighted by molar-refractivity contribution is -0.154. The second-order valence-electron chi connectivity index (χ2n) is 5.88. The Balaban J connectivity index is 3.01. The number of aliphatic hydroxyl groups is 1. The van der Waals surface area contributed by atoms with Crippen molar-refractivity contribution in [3.63, 3.8) is 0 Å². The molecule has 0 saturated heterocycles. The first-order valence-corrected chi connectivity index (χ1v) is 7.23. The zero-order valence-electron chi connectivity index (χ0n) is 13.6. The minimum Gasteiger partial charge on any atom is -0.464 e. The van der Waals surface area contributed by atoms with E-state index in [1.807, 2.05) is 0 Å². The molecule has 1 aromatic carbocycles. The van der Waals surface area contributed by atoms with Crippen molar-refractivity contribution in [1.29, 1.82) is 0 Å². The second-order valence-corrected chi connectivity index (χ2v) is 5.88. The van der Waals surface area contributed by atoms with Crippen molar-refractivity contribution in [1.82, 2.24) is 5.32 Å². The molecule has 1 aromatic rings. The lowest BCUT2D eigenvalue weighted by atomic mass is 10.0. The van der Waals surface area contributed by atoms with Crippen LogP contribution in [-0.2, 0) is 14.3 Å². The molecule has 0 aliphatic heterocycles. The van der Waals surface area contributed by atoms with Crippen molar-refractivity contribution in [2.75, 3.05) is 6.61 Å². The maximum Gasteiger partial charge on any atom is 0.408 e. The first kappa shape index (κ1) is 18.9. The second kappa shape index (κ2) is 7.92. The third-order valence-electron chi connectivity index (χ3n) is 2.72. The van der Waals surface area contributed by atoms with Crippen LogP contribution in [0.3, 0.4) is 0 Å². The average Bonchev–Trinajstić information content (AvgIpc) is 2.42. The third-order valence-corrected chi connectivity index (χ3v) is 2.72. The summed E-state index contributed by atoms with van der Waals surface area (Å²) in [6.07, 6.45) is -2.53. The van der Waals surface area contributed by atoms with E-state index in [1.165, 1.54) is 18.2 Å². The van der Waals surface area contributed by atoms with E-state index >= 15 is 0 Å². The first-order valence-electron chi connectivity index (χ1n) is 7.23. The van der Waals surface area contributed by atoms with Gasteiger partial charge in [0.1, 0.15) is 11.4 Å². The number of alkyl carbamates (subject to hydrolysis) is 1. The summed E-state index contributed by atoms with van der Waals surface area (Å²) in [5.74, 6) is -1.48. The molecule has 2 N–H and O–H groups in total. The Kier molecular flexibility index (Phi) is 6.50. The van der Waals surface area contributed by atoms with Gasteiger partial charge in [-0.2, -0.15) is 0 Å². The molecule has 7 heteroatoms. The Morgan fingerprint density at radius 2 is 2.00 bits per heavy atom. The summed E-state index contributed by atoms with van der Waals surface area (Å²) >= 11 is 0. The van der Waals surface area contributed by atoms with E-state index in [1.54, 1.807) is 27.7 Å². The maximum atomic E-state index is 13.4. The number of halogens is 1. The van der Waals surface area contributed by atoms with Crippen LogP contribution in [0.4, 0.5) is 9.18 Å². The van der Waals surface area contributed by atoms with Crippen molar-refractivity contribution in [2.24, 2.45) is 0 Å². The fourth-order valence-corrected chi connectivity index (χ4v) is 1.84. The topological polar surface area (TPSA) is 84.9 Å². The lowest BCUT2D eigenvalue weighted by Crippen LogP contribution is -2.43. The molecule has 1 rings (SSSR count). The van der Waals surface area contributed by atoms with Gasteiger partial charge in [-0.1, -0.05) is 12.1 Å². The monoisotopic (exact) mass is 327 g/mol. The molecule has 0 radical (unpaired) electrons. The number of carbonyl (C=O) groups excluding carboxylic acids is 2. The number of esters is 1. The van der Waals surface area contributed by atoms with Crippen LogP contribution in [0.5, 0.6) is 0 Å². The molecule has 6 nitrogen and oxygen atoms in total. The van der Waals surface area contributed by atoms with Crippen molar-refractivity contribution in [3.8, 4) is 0 Å². The number of hydrogen-bond donors (Lipinski definition) is 2. The van der Waals surface area contributed by atoms with Gasteiger partial charge in [0.15, 0.2) is 6.10 Å². The summed E-state index contributed by atoms with van der Waals surface area (Å²) in [6, 6.07) is 4.02. The van der Waals surface area contributed by atoms with Gasteiger partial charge in [0.25, 0.3) is 0 Å². The van der Waals surface area contributed by atoms with Crippen LogP contribution < -0.4 is 5.32 Å². The molecule has 0 unspecified atom stereocenters. The van der Waals surface area contributed by atoms with Gasteiger partial charge in [-0.3, -0.25) is 0 Å². The molecular formula is C16H22FNO5. The van der Waals surface area contributed by atoms with Crippen LogP contribution >= 0.6 is 0 Å². The van der Waals surface area contributed by atoms with Crippen LogP contribution in [-0.4, -0.2) is 35.5 Å². The standard InChI is InChI=1S/C16H22FNO5/c1-5-22-14(20)13(19)12(10-7-6-8-11(17)9-10)18-15(21)23-16(2,3)4/h6-9,12-13,19H,5H2,1-4H3,(H,18,21)/t12-,13+/m0/s1. The summed E-state index contributed by atoms with van der Waals surface area (Å²) in [6.45, 7) is 6.67. The van der Waals surface area contributed by atoms with E-state index < -0.39 is 35.6 Å². The van der Waals surface area contributed by atoms with Crippen molar-refractivity contribution < 1.29 is 28.6 Å². The summed E-state index contributed by atoms with van der Waals surface area (Å²) < 4.78 is 23.3. The SMILES string of the molecule is CCOC(=O)[C@H](O)[C@@H](NC(=O)OC(C)(C)C)c1cccc(F)c1. The minimum atomic E-state index is -1.69. The normalized spacial score (nSPS) is 13.8. The largest absolute Gasteiger partial charge is 0.464 e. The van der Waals surface area contributed by atoms with Crippen LogP contribution in [0.2, 0.25) is 0 Å². The Labute approximate surface area is 134 Å².